The molecule has 1 aliphatic heterocycles. The quantitative estimate of drug-likeness (QED) is 0.788. The summed E-state index contributed by atoms with van der Waals surface area (Å²) in [5, 5.41) is 12.7. The molecular formula is C13H25NO3S. The van der Waals surface area contributed by atoms with Gasteiger partial charge in [0.25, 0.3) is 0 Å². The van der Waals surface area contributed by atoms with E-state index in [2.05, 4.69) is 5.32 Å². The molecule has 106 valence electrons. The van der Waals surface area contributed by atoms with Crippen molar-refractivity contribution in [1.29, 1.82) is 0 Å². The van der Waals surface area contributed by atoms with Gasteiger partial charge in [-0.25, -0.2) is 8.42 Å². The molecule has 0 amide bonds. The molecule has 2 aliphatic rings. The van der Waals surface area contributed by atoms with E-state index in [-0.39, 0.29) is 17.3 Å². The fourth-order valence-corrected chi connectivity index (χ4v) is 5.08. The van der Waals surface area contributed by atoms with Gasteiger partial charge in [0.15, 0.2) is 9.84 Å². The molecule has 1 heterocycles. The summed E-state index contributed by atoms with van der Waals surface area (Å²) >= 11 is 0. The second-order valence-electron chi connectivity index (χ2n) is 5.98. The van der Waals surface area contributed by atoms with Crippen molar-refractivity contribution in [3.8, 4) is 0 Å². The lowest BCUT2D eigenvalue weighted by atomic mass is 9.74. The Hall–Kier alpha value is -0.130. The number of hydrogen-bond acceptors (Lipinski definition) is 4. The SMILES string of the molecule is O=S1(=O)CCCC1CNCC1(CO)CCCCC1. The van der Waals surface area contributed by atoms with E-state index in [1.165, 1.54) is 19.3 Å². The van der Waals surface area contributed by atoms with Crippen LogP contribution in [0.15, 0.2) is 0 Å². The fraction of sp³-hybridized carbons (Fsp3) is 1.00. The van der Waals surface area contributed by atoms with Gasteiger partial charge in [-0.1, -0.05) is 19.3 Å². The van der Waals surface area contributed by atoms with Crippen LogP contribution in [0.5, 0.6) is 0 Å². The third-order valence-corrected chi connectivity index (χ3v) is 6.86. The Labute approximate surface area is 110 Å². The first kappa shape index (κ1) is 14.3. The highest BCUT2D eigenvalue weighted by Gasteiger charge is 2.34. The minimum Gasteiger partial charge on any atom is -0.396 e. The normalized spacial score (nSPS) is 30.4. The standard InChI is InChI=1S/C13H25NO3S/c15-11-13(6-2-1-3-7-13)10-14-9-12-5-4-8-18(12,16)17/h12,14-15H,1-11H2. The maximum Gasteiger partial charge on any atom is 0.154 e. The van der Waals surface area contributed by atoms with Crippen molar-refractivity contribution in [2.75, 3.05) is 25.4 Å². The summed E-state index contributed by atoms with van der Waals surface area (Å²) in [7, 11) is -2.84. The van der Waals surface area contributed by atoms with Crippen molar-refractivity contribution >= 4 is 9.84 Å². The van der Waals surface area contributed by atoms with Gasteiger partial charge in [0.1, 0.15) is 0 Å². The second-order valence-corrected chi connectivity index (χ2v) is 8.38. The van der Waals surface area contributed by atoms with E-state index in [4.69, 9.17) is 0 Å². The summed E-state index contributed by atoms with van der Waals surface area (Å²) in [6, 6.07) is 0. The lowest BCUT2D eigenvalue weighted by Gasteiger charge is -2.36. The highest BCUT2D eigenvalue weighted by molar-refractivity contribution is 7.92. The zero-order valence-corrected chi connectivity index (χ0v) is 11.8. The Balaban J connectivity index is 1.80. The smallest absolute Gasteiger partial charge is 0.154 e. The van der Waals surface area contributed by atoms with Crippen LogP contribution in [-0.2, 0) is 9.84 Å². The van der Waals surface area contributed by atoms with Crippen LogP contribution in [0.4, 0.5) is 0 Å². The molecule has 1 saturated carbocycles. The zero-order valence-electron chi connectivity index (χ0n) is 11.0. The van der Waals surface area contributed by atoms with Gasteiger partial charge >= 0.3 is 0 Å². The number of sulfone groups is 1. The van der Waals surface area contributed by atoms with Crippen molar-refractivity contribution in [3.63, 3.8) is 0 Å². The van der Waals surface area contributed by atoms with Crippen LogP contribution in [0.2, 0.25) is 0 Å². The molecule has 2 N–H and O–H groups in total. The average molecular weight is 275 g/mol. The Morgan fingerprint density at radius 3 is 2.44 bits per heavy atom. The minimum atomic E-state index is -2.84. The molecule has 0 aromatic carbocycles. The van der Waals surface area contributed by atoms with Gasteiger partial charge in [0.2, 0.25) is 0 Å². The third kappa shape index (κ3) is 3.25. The van der Waals surface area contributed by atoms with Gasteiger partial charge in [-0.15, -0.1) is 0 Å². The highest BCUT2D eigenvalue weighted by Crippen LogP contribution is 2.35. The van der Waals surface area contributed by atoms with Gasteiger partial charge in [-0.2, -0.15) is 0 Å². The van der Waals surface area contributed by atoms with E-state index < -0.39 is 9.84 Å². The van der Waals surface area contributed by atoms with E-state index in [9.17, 15) is 13.5 Å². The van der Waals surface area contributed by atoms with Gasteiger partial charge in [-0.05, 0) is 25.7 Å². The Kier molecular flexibility index (Phi) is 4.67. The van der Waals surface area contributed by atoms with E-state index in [0.717, 1.165) is 32.2 Å². The second kappa shape index (κ2) is 5.88. The lowest BCUT2D eigenvalue weighted by Crippen LogP contribution is -2.42. The maximum atomic E-state index is 11.7. The summed E-state index contributed by atoms with van der Waals surface area (Å²) in [4.78, 5) is 0. The highest BCUT2D eigenvalue weighted by atomic mass is 32.2. The van der Waals surface area contributed by atoms with Crippen LogP contribution >= 0.6 is 0 Å². The van der Waals surface area contributed by atoms with Crippen molar-refractivity contribution in [2.24, 2.45) is 5.41 Å². The van der Waals surface area contributed by atoms with Crippen LogP contribution in [0, 0.1) is 5.41 Å². The topological polar surface area (TPSA) is 66.4 Å². The van der Waals surface area contributed by atoms with Gasteiger partial charge in [0.05, 0.1) is 11.0 Å². The zero-order chi connectivity index (χ0) is 13.1. The molecule has 0 aromatic heterocycles. The molecule has 1 atom stereocenters. The third-order valence-electron chi connectivity index (χ3n) is 4.58. The van der Waals surface area contributed by atoms with E-state index in [1.807, 2.05) is 0 Å². The van der Waals surface area contributed by atoms with Crippen molar-refractivity contribution < 1.29 is 13.5 Å². The van der Waals surface area contributed by atoms with Crippen molar-refractivity contribution in [3.05, 3.63) is 0 Å². The minimum absolute atomic E-state index is 0.000611. The molecule has 2 rings (SSSR count). The molecule has 2 fully saturated rings. The molecule has 1 saturated heterocycles. The molecule has 4 nitrogen and oxygen atoms in total. The van der Waals surface area contributed by atoms with Crippen LogP contribution in [0.1, 0.15) is 44.9 Å². The number of nitrogens with one attached hydrogen (secondary N) is 1. The molecular weight excluding hydrogens is 250 g/mol. The summed E-state index contributed by atoms with van der Waals surface area (Å²) in [5.41, 5.74) is 0.000611. The monoisotopic (exact) mass is 275 g/mol. The van der Waals surface area contributed by atoms with Crippen LogP contribution in [0.25, 0.3) is 0 Å². The first-order chi connectivity index (χ1) is 8.58. The Morgan fingerprint density at radius 1 is 1.17 bits per heavy atom. The largest absolute Gasteiger partial charge is 0.396 e. The number of rotatable bonds is 5. The Morgan fingerprint density at radius 2 is 1.89 bits per heavy atom. The fourth-order valence-electron chi connectivity index (χ4n) is 3.28. The molecule has 0 aromatic rings. The van der Waals surface area contributed by atoms with Gasteiger partial charge < -0.3 is 10.4 Å². The molecule has 0 spiro atoms. The van der Waals surface area contributed by atoms with Crippen molar-refractivity contribution in [2.45, 2.75) is 50.2 Å². The number of aliphatic hydroxyl groups is 1. The molecule has 1 aliphatic carbocycles. The van der Waals surface area contributed by atoms with Crippen LogP contribution < -0.4 is 5.32 Å². The van der Waals surface area contributed by atoms with E-state index in [1.54, 1.807) is 0 Å². The molecule has 1 unspecified atom stereocenters. The number of aliphatic hydroxyl groups excluding tert-OH is 1. The van der Waals surface area contributed by atoms with E-state index in [0.29, 0.717) is 12.3 Å². The lowest BCUT2D eigenvalue weighted by molar-refractivity contribution is 0.0815. The van der Waals surface area contributed by atoms with Gasteiger partial charge in [0, 0.05) is 25.1 Å². The van der Waals surface area contributed by atoms with E-state index >= 15 is 0 Å². The summed E-state index contributed by atoms with van der Waals surface area (Å²) in [6.45, 7) is 1.54. The number of hydrogen-bond donors (Lipinski definition) is 2. The van der Waals surface area contributed by atoms with Crippen molar-refractivity contribution in [1.82, 2.24) is 5.32 Å². The Bertz CT molecular complexity index is 360. The summed E-state index contributed by atoms with van der Waals surface area (Å²) in [5.74, 6) is 0.352. The predicted molar refractivity (Wildman–Crippen MR) is 72.3 cm³/mol. The van der Waals surface area contributed by atoms with Crippen LogP contribution in [-0.4, -0.2) is 44.2 Å². The average Bonchev–Trinajstić information content (AvgIpc) is 2.70. The predicted octanol–water partition coefficient (Wildman–Crippen LogP) is 1.10. The molecule has 5 heteroatoms. The molecule has 0 radical (unpaired) electrons. The first-order valence-corrected chi connectivity index (χ1v) is 8.83. The molecule has 0 bridgehead atoms. The maximum absolute atomic E-state index is 11.7. The summed E-state index contributed by atoms with van der Waals surface area (Å²) in [6.07, 6.45) is 7.36. The van der Waals surface area contributed by atoms with Gasteiger partial charge in [-0.3, -0.25) is 0 Å². The molecule has 18 heavy (non-hydrogen) atoms. The first-order valence-electron chi connectivity index (χ1n) is 7.11. The van der Waals surface area contributed by atoms with Crippen LogP contribution in [0.3, 0.4) is 0 Å². The summed E-state index contributed by atoms with van der Waals surface area (Å²) < 4.78 is 23.4.